The van der Waals surface area contributed by atoms with Gasteiger partial charge in [0.25, 0.3) is 0 Å². The van der Waals surface area contributed by atoms with Crippen LogP contribution in [-0.2, 0) is 0 Å². The van der Waals surface area contributed by atoms with E-state index in [4.69, 9.17) is 4.84 Å². The summed E-state index contributed by atoms with van der Waals surface area (Å²) in [6.07, 6.45) is 1.62. The van der Waals surface area contributed by atoms with E-state index >= 15 is 0 Å². The molecule has 1 aromatic rings. The molecule has 0 atom stereocenters. The first-order valence-electron chi connectivity index (χ1n) is 3.55. The van der Waals surface area contributed by atoms with Crippen LogP contribution in [0.15, 0.2) is 29.4 Å². The minimum absolute atomic E-state index is 0.811. The molecule has 0 aliphatic heterocycles. The van der Waals surface area contributed by atoms with Crippen LogP contribution < -0.4 is 4.84 Å². The van der Waals surface area contributed by atoms with Crippen molar-refractivity contribution in [3.8, 4) is 5.75 Å². The molecule has 0 N–H and O–H groups in total. The van der Waals surface area contributed by atoms with Gasteiger partial charge in [0, 0.05) is 6.21 Å². The lowest BCUT2D eigenvalue weighted by molar-refractivity contribution is 0.341. The third kappa shape index (κ3) is 2.08. The maximum atomic E-state index is 5.06. The lowest BCUT2D eigenvalue weighted by Gasteiger charge is -1.99. The fourth-order valence-electron chi connectivity index (χ4n) is 0.768. The zero-order valence-electron chi connectivity index (χ0n) is 6.74. The van der Waals surface area contributed by atoms with Gasteiger partial charge in [-0.25, -0.2) is 0 Å². The van der Waals surface area contributed by atoms with Crippen LogP contribution in [0, 0.1) is 6.92 Å². The van der Waals surface area contributed by atoms with Gasteiger partial charge in [-0.05, 0) is 25.5 Å². The van der Waals surface area contributed by atoms with Crippen LogP contribution in [0.5, 0.6) is 5.75 Å². The average Bonchev–Trinajstić information content (AvgIpc) is 2.03. The van der Waals surface area contributed by atoms with Crippen LogP contribution >= 0.6 is 0 Å². The minimum atomic E-state index is 0.811. The van der Waals surface area contributed by atoms with E-state index in [1.807, 2.05) is 38.1 Å². The Morgan fingerprint density at radius 1 is 1.36 bits per heavy atom. The van der Waals surface area contributed by atoms with Crippen LogP contribution in [0.2, 0.25) is 0 Å². The predicted molar refractivity (Wildman–Crippen MR) is 46.0 cm³/mol. The summed E-state index contributed by atoms with van der Waals surface area (Å²) in [5.41, 5.74) is 1.10. The van der Waals surface area contributed by atoms with Crippen molar-refractivity contribution >= 4 is 6.21 Å². The summed E-state index contributed by atoms with van der Waals surface area (Å²) >= 11 is 0. The number of nitrogens with zero attached hydrogens (tertiary/aromatic N) is 1. The van der Waals surface area contributed by atoms with Gasteiger partial charge < -0.3 is 4.84 Å². The van der Waals surface area contributed by atoms with Crippen molar-refractivity contribution in [1.82, 2.24) is 0 Å². The largest absolute Gasteiger partial charge is 0.357 e. The van der Waals surface area contributed by atoms with E-state index in [1.54, 1.807) is 6.21 Å². The van der Waals surface area contributed by atoms with E-state index < -0.39 is 0 Å². The second-order valence-electron chi connectivity index (χ2n) is 2.22. The summed E-state index contributed by atoms with van der Waals surface area (Å²) < 4.78 is 0. The molecule has 1 rings (SSSR count). The molecule has 0 aliphatic carbocycles. The number of benzene rings is 1. The van der Waals surface area contributed by atoms with Crippen LogP contribution in [0.4, 0.5) is 0 Å². The Morgan fingerprint density at radius 2 is 2.09 bits per heavy atom. The van der Waals surface area contributed by atoms with Crippen molar-refractivity contribution in [1.29, 1.82) is 0 Å². The summed E-state index contributed by atoms with van der Waals surface area (Å²) in [5, 5.41) is 3.68. The van der Waals surface area contributed by atoms with E-state index in [1.165, 1.54) is 0 Å². The highest BCUT2D eigenvalue weighted by Crippen LogP contribution is 2.15. The number of aryl methyl sites for hydroxylation is 1. The molecular formula is C9H11NO. The van der Waals surface area contributed by atoms with Crippen LogP contribution in [0.1, 0.15) is 12.5 Å². The summed E-state index contributed by atoms with van der Waals surface area (Å²) in [5.74, 6) is 0.811. The minimum Gasteiger partial charge on any atom is -0.357 e. The first-order chi connectivity index (χ1) is 5.34. The Hall–Kier alpha value is -1.31. The molecule has 1 aromatic carbocycles. The molecule has 0 bridgehead atoms. The Balaban J connectivity index is 2.77. The second-order valence-corrected chi connectivity index (χ2v) is 2.22. The molecular weight excluding hydrogens is 138 g/mol. The Kier molecular flexibility index (Phi) is 2.66. The topological polar surface area (TPSA) is 21.6 Å². The number of hydrogen-bond donors (Lipinski definition) is 0. The number of hydrogen-bond acceptors (Lipinski definition) is 2. The van der Waals surface area contributed by atoms with E-state index in [0.29, 0.717) is 0 Å². The molecule has 0 fully saturated rings. The van der Waals surface area contributed by atoms with Gasteiger partial charge in [0.1, 0.15) is 0 Å². The van der Waals surface area contributed by atoms with Gasteiger partial charge in [0.15, 0.2) is 5.75 Å². The molecule has 0 saturated carbocycles. The SMILES string of the molecule is C/C=N\Oc1ccccc1C. The second kappa shape index (κ2) is 3.76. The molecule has 58 valence electrons. The molecule has 0 radical (unpaired) electrons. The predicted octanol–water partition coefficient (Wildman–Crippen LogP) is 2.38. The van der Waals surface area contributed by atoms with Gasteiger partial charge in [-0.15, -0.1) is 0 Å². The Labute approximate surface area is 66.5 Å². The van der Waals surface area contributed by atoms with Crippen molar-refractivity contribution in [2.45, 2.75) is 13.8 Å². The van der Waals surface area contributed by atoms with Crippen molar-refractivity contribution < 1.29 is 4.84 Å². The van der Waals surface area contributed by atoms with Gasteiger partial charge in [0.2, 0.25) is 0 Å². The Morgan fingerprint density at radius 3 is 2.73 bits per heavy atom. The van der Waals surface area contributed by atoms with E-state index in [2.05, 4.69) is 5.16 Å². The number of oxime groups is 1. The fraction of sp³-hybridized carbons (Fsp3) is 0.222. The first kappa shape index (κ1) is 7.79. The monoisotopic (exact) mass is 149 g/mol. The van der Waals surface area contributed by atoms with Gasteiger partial charge in [-0.2, -0.15) is 0 Å². The smallest absolute Gasteiger partial charge is 0.160 e. The van der Waals surface area contributed by atoms with E-state index in [0.717, 1.165) is 11.3 Å². The number of rotatable bonds is 2. The standard InChI is InChI=1S/C9H11NO/c1-3-10-11-9-7-5-4-6-8(9)2/h3-7H,1-2H3/b10-3-. The molecule has 0 saturated heterocycles. The lowest BCUT2D eigenvalue weighted by Crippen LogP contribution is -1.85. The zero-order chi connectivity index (χ0) is 8.10. The molecule has 0 aromatic heterocycles. The molecule has 0 heterocycles. The van der Waals surface area contributed by atoms with Gasteiger partial charge >= 0.3 is 0 Å². The van der Waals surface area contributed by atoms with Gasteiger partial charge in [-0.1, -0.05) is 23.4 Å². The third-order valence-electron chi connectivity index (χ3n) is 1.35. The van der Waals surface area contributed by atoms with E-state index in [-0.39, 0.29) is 0 Å². The summed E-state index contributed by atoms with van der Waals surface area (Å²) in [4.78, 5) is 5.06. The quantitative estimate of drug-likeness (QED) is 0.467. The maximum Gasteiger partial charge on any atom is 0.160 e. The highest BCUT2D eigenvalue weighted by molar-refractivity contribution is 5.52. The summed E-state index contributed by atoms with van der Waals surface area (Å²) in [6.45, 7) is 3.80. The highest BCUT2D eigenvalue weighted by atomic mass is 16.6. The highest BCUT2D eigenvalue weighted by Gasteiger charge is 1.94. The molecule has 0 spiro atoms. The molecule has 0 unspecified atom stereocenters. The lowest BCUT2D eigenvalue weighted by atomic mass is 10.2. The zero-order valence-corrected chi connectivity index (χ0v) is 6.74. The van der Waals surface area contributed by atoms with Crippen LogP contribution in [0.3, 0.4) is 0 Å². The molecule has 0 amide bonds. The molecule has 0 aliphatic rings. The Bertz CT molecular complexity index is 255. The fourth-order valence-corrected chi connectivity index (χ4v) is 0.768. The van der Waals surface area contributed by atoms with Crippen LogP contribution in [0.25, 0.3) is 0 Å². The van der Waals surface area contributed by atoms with Crippen molar-refractivity contribution in [3.05, 3.63) is 29.8 Å². The molecule has 11 heavy (non-hydrogen) atoms. The summed E-state index contributed by atoms with van der Waals surface area (Å²) in [6, 6.07) is 7.77. The first-order valence-corrected chi connectivity index (χ1v) is 3.55. The van der Waals surface area contributed by atoms with Crippen LogP contribution in [-0.4, -0.2) is 6.21 Å². The van der Waals surface area contributed by atoms with Gasteiger partial charge in [0.05, 0.1) is 0 Å². The van der Waals surface area contributed by atoms with Gasteiger partial charge in [-0.3, -0.25) is 0 Å². The van der Waals surface area contributed by atoms with Crippen molar-refractivity contribution in [2.24, 2.45) is 5.16 Å². The average molecular weight is 149 g/mol. The molecule has 2 heteroatoms. The maximum absolute atomic E-state index is 5.06. The molecule has 2 nitrogen and oxygen atoms in total. The third-order valence-corrected chi connectivity index (χ3v) is 1.35. The van der Waals surface area contributed by atoms with Crippen molar-refractivity contribution in [3.63, 3.8) is 0 Å². The normalized spacial score (nSPS) is 10.4. The number of para-hydroxylation sites is 1. The van der Waals surface area contributed by atoms with Crippen molar-refractivity contribution in [2.75, 3.05) is 0 Å². The summed E-state index contributed by atoms with van der Waals surface area (Å²) in [7, 11) is 0. The van der Waals surface area contributed by atoms with E-state index in [9.17, 15) is 0 Å².